The third kappa shape index (κ3) is 4.82. The highest BCUT2D eigenvalue weighted by atomic mass is 35.5. The Kier molecular flexibility index (Phi) is 6.47. The van der Waals surface area contributed by atoms with E-state index in [1.165, 1.54) is 55.6 Å². The lowest BCUT2D eigenvalue weighted by Gasteiger charge is -2.15. The van der Waals surface area contributed by atoms with E-state index in [1.807, 2.05) is 0 Å². The van der Waals surface area contributed by atoms with Gasteiger partial charge in [-0.3, -0.25) is 19.7 Å². The summed E-state index contributed by atoms with van der Waals surface area (Å²) in [6.07, 6.45) is 0. The molecule has 1 aliphatic heterocycles. The minimum atomic E-state index is -0.680. The number of esters is 1. The summed E-state index contributed by atoms with van der Waals surface area (Å²) >= 11 is 6.14. The molecule has 176 valence electrons. The van der Waals surface area contributed by atoms with Gasteiger partial charge in [-0.1, -0.05) is 11.6 Å². The Hall–Kier alpha value is -4.70. The fourth-order valence-corrected chi connectivity index (χ4v) is 3.43. The highest BCUT2D eigenvalue weighted by Gasteiger charge is 2.39. The molecular weight excluding hydrogens is 478 g/mol. The van der Waals surface area contributed by atoms with E-state index >= 15 is 0 Å². The van der Waals surface area contributed by atoms with Crippen molar-refractivity contribution in [3.8, 4) is 11.5 Å². The molecule has 1 aliphatic rings. The van der Waals surface area contributed by atoms with Crippen molar-refractivity contribution in [2.75, 3.05) is 17.3 Å². The molecule has 0 unspecified atom stereocenters. The number of hydrogen-bond acceptors (Lipinski definition) is 8. The van der Waals surface area contributed by atoms with Gasteiger partial charge in [0.15, 0.2) is 0 Å². The lowest BCUT2D eigenvalue weighted by atomic mass is 10.2. The fraction of sp³-hybridized carbons (Fsp3) is 0.0417. The van der Waals surface area contributed by atoms with E-state index in [1.54, 1.807) is 24.3 Å². The monoisotopic (exact) mass is 493 g/mol. The van der Waals surface area contributed by atoms with Crippen LogP contribution >= 0.6 is 11.6 Å². The number of nitrogens with one attached hydrogen (secondary N) is 1. The second kappa shape index (κ2) is 9.65. The highest BCUT2D eigenvalue weighted by molar-refractivity contribution is 6.53. The van der Waals surface area contributed by atoms with Gasteiger partial charge in [0, 0.05) is 17.8 Å². The number of rotatable bonds is 7. The van der Waals surface area contributed by atoms with Crippen LogP contribution in [0, 0.1) is 10.1 Å². The van der Waals surface area contributed by atoms with Gasteiger partial charge >= 0.3 is 5.97 Å². The second-order valence-electron chi connectivity index (χ2n) is 7.18. The number of hydrogen-bond donors (Lipinski definition) is 1. The van der Waals surface area contributed by atoms with Crippen LogP contribution < -0.4 is 19.7 Å². The summed E-state index contributed by atoms with van der Waals surface area (Å²) in [5.74, 6) is -1.27. The maximum atomic E-state index is 12.9. The van der Waals surface area contributed by atoms with E-state index in [0.29, 0.717) is 17.1 Å². The summed E-state index contributed by atoms with van der Waals surface area (Å²) in [6.45, 7) is 0. The third-order valence-corrected chi connectivity index (χ3v) is 5.36. The number of carbonyl (C=O) groups is 3. The Labute approximate surface area is 203 Å². The SMILES string of the molecule is COc1ccc(N2C(=O)C(Cl)=C(Nc3ccc(C(=O)Oc4ccc([N+](=O)[O-])cc4)cc3)C2=O)cc1. The number of nitro benzene ring substituents is 1. The number of carbonyl (C=O) groups excluding carboxylic acids is 3. The van der Waals surface area contributed by atoms with Crippen LogP contribution in [0.3, 0.4) is 0 Å². The topological polar surface area (TPSA) is 128 Å². The van der Waals surface area contributed by atoms with E-state index in [-0.39, 0.29) is 27.7 Å². The molecule has 4 rings (SSSR count). The molecule has 1 N–H and O–H groups in total. The van der Waals surface area contributed by atoms with Crippen molar-refractivity contribution < 1.29 is 28.8 Å². The molecule has 1 heterocycles. The summed E-state index contributed by atoms with van der Waals surface area (Å²) in [5.41, 5.74) is 0.706. The molecule has 11 heteroatoms. The van der Waals surface area contributed by atoms with E-state index in [9.17, 15) is 24.5 Å². The maximum Gasteiger partial charge on any atom is 0.343 e. The molecule has 0 radical (unpaired) electrons. The summed E-state index contributed by atoms with van der Waals surface area (Å²) in [4.78, 5) is 48.9. The first-order valence-electron chi connectivity index (χ1n) is 10.0. The molecule has 0 aromatic heterocycles. The van der Waals surface area contributed by atoms with Gasteiger partial charge in [0.2, 0.25) is 0 Å². The van der Waals surface area contributed by atoms with Crippen LogP contribution in [-0.4, -0.2) is 29.8 Å². The molecule has 0 aliphatic carbocycles. The average Bonchev–Trinajstić information content (AvgIpc) is 3.07. The van der Waals surface area contributed by atoms with Crippen molar-refractivity contribution in [2.45, 2.75) is 0 Å². The number of imide groups is 1. The lowest BCUT2D eigenvalue weighted by Crippen LogP contribution is -2.32. The fourth-order valence-electron chi connectivity index (χ4n) is 3.21. The van der Waals surface area contributed by atoms with E-state index in [4.69, 9.17) is 21.1 Å². The molecule has 0 bridgehead atoms. The van der Waals surface area contributed by atoms with Gasteiger partial charge in [-0.05, 0) is 60.7 Å². The Morgan fingerprint density at radius 1 is 0.914 bits per heavy atom. The van der Waals surface area contributed by atoms with Crippen molar-refractivity contribution >= 4 is 46.4 Å². The molecule has 0 saturated carbocycles. The Morgan fingerprint density at radius 2 is 1.51 bits per heavy atom. The maximum absolute atomic E-state index is 12.9. The van der Waals surface area contributed by atoms with Crippen LogP contribution in [0.5, 0.6) is 11.5 Å². The summed E-state index contributed by atoms with van der Waals surface area (Å²) < 4.78 is 10.3. The number of benzene rings is 3. The molecular formula is C24H16ClN3O7. The number of methoxy groups -OCH3 is 1. The minimum Gasteiger partial charge on any atom is -0.497 e. The largest absolute Gasteiger partial charge is 0.497 e. The van der Waals surface area contributed by atoms with Crippen LogP contribution in [0.25, 0.3) is 0 Å². The number of anilines is 2. The summed E-state index contributed by atoms with van der Waals surface area (Å²) in [7, 11) is 1.50. The summed E-state index contributed by atoms with van der Waals surface area (Å²) in [5, 5.41) is 13.3. The molecule has 2 amide bonds. The van der Waals surface area contributed by atoms with Gasteiger partial charge in [-0.15, -0.1) is 0 Å². The Balaban J connectivity index is 1.44. The average molecular weight is 494 g/mol. The smallest absolute Gasteiger partial charge is 0.343 e. The first-order chi connectivity index (χ1) is 16.8. The van der Waals surface area contributed by atoms with Crippen LogP contribution in [0.15, 0.2) is 83.5 Å². The van der Waals surface area contributed by atoms with Crippen LogP contribution in [0.2, 0.25) is 0 Å². The number of nitro groups is 1. The third-order valence-electron chi connectivity index (χ3n) is 5.01. The standard InChI is InChI=1S/C24H16ClN3O7/c1-34-18-10-6-16(7-11-18)27-22(29)20(25)21(23(27)30)26-15-4-2-14(3-5-15)24(31)35-19-12-8-17(9-13-19)28(32)33/h2-13,26H,1H3. The molecule has 0 atom stereocenters. The highest BCUT2D eigenvalue weighted by Crippen LogP contribution is 2.31. The second-order valence-corrected chi connectivity index (χ2v) is 7.55. The van der Waals surface area contributed by atoms with Gasteiger partial charge in [0.1, 0.15) is 22.2 Å². The quantitative estimate of drug-likeness (QED) is 0.170. The molecule has 0 spiro atoms. The van der Waals surface area contributed by atoms with Crippen LogP contribution in [-0.2, 0) is 9.59 Å². The zero-order valence-electron chi connectivity index (χ0n) is 18.1. The first-order valence-corrected chi connectivity index (χ1v) is 10.4. The molecule has 35 heavy (non-hydrogen) atoms. The Bertz CT molecular complexity index is 1350. The van der Waals surface area contributed by atoms with Crippen LogP contribution in [0.4, 0.5) is 17.1 Å². The normalized spacial score (nSPS) is 13.1. The van der Waals surface area contributed by atoms with Gasteiger partial charge in [0.05, 0.1) is 23.3 Å². The van der Waals surface area contributed by atoms with Gasteiger partial charge in [-0.25, -0.2) is 9.69 Å². The number of non-ortho nitro benzene ring substituents is 1. The lowest BCUT2D eigenvalue weighted by molar-refractivity contribution is -0.384. The predicted octanol–water partition coefficient (Wildman–Crippen LogP) is 4.26. The van der Waals surface area contributed by atoms with Gasteiger partial charge in [-0.2, -0.15) is 0 Å². The Morgan fingerprint density at radius 3 is 2.09 bits per heavy atom. The van der Waals surface area contributed by atoms with Crippen molar-refractivity contribution in [3.05, 3.63) is 99.2 Å². The van der Waals surface area contributed by atoms with Gasteiger partial charge in [0.25, 0.3) is 17.5 Å². The van der Waals surface area contributed by atoms with Crippen molar-refractivity contribution in [3.63, 3.8) is 0 Å². The van der Waals surface area contributed by atoms with E-state index < -0.39 is 22.7 Å². The number of halogens is 1. The molecule has 0 fully saturated rings. The zero-order chi connectivity index (χ0) is 25.1. The first kappa shape index (κ1) is 23.5. The van der Waals surface area contributed by atoms with Crippen LogP contribution in [0.1, 0.15) is 10.4 Å². The summed E-state index contributed by atoms with van der Waals surface area (Å²) in [6, 6.07) is 17.4. The predicted molar refractivity (Wildman–Crippen MR) is 126 cm³/mol. The number of amides is 2. The molecule has 3 aromatic carbocycles. The van der Waals surface area contributed by atoms with Crippen molar-refractivity contribution in [1.29, 1.82) is 0 Å². The van der Waals surface area contributed by atoms with Crippen molar-refractivity contribution in [1.82, 2.24) is 0 Å². The number of nitrogens with zero attached hydrogens (tertiary/aromatic N) is 2. The zero-order valence-corrected chi connectivity index (χ0v) is 18.8. The van der Waals surface area contributed by atoms with E-state index in [0.717, 1.165) is 4.90 Å². The molecule has 0 saturated heterocycles. The van der Waals surface area contributed by atoms with Crippen molar-refractivity contribution in [2.24, 2.45) is 0 Å². The number of ether oxygens (including phenoxy) is 2. The molecule has 10 nitrogen and oxygen atoms in total. The minimum absolute atomic E-state index is 0.103. The van der Waals surface area contributed by atoms with Gasteiger partial charge < -0.3 is 14.8 Å². The van der Waals surface area contributed by atoms with E-state index in [2.05, 4.69) is 5.32 Å². The molecule has 3 aromatic rings.